The Morgan fingerprint density at radius 3 is 2.83 bits per heavy atom. The third kappa shape index (κ3) is 3.44. The van der Waals surface area contributed by atoms with E-state index in [1.807, 2.05) is 4.90 Å². The zero-order valence-electron chi connectivity index (χ0n) is 13.3. The quantitative estimate of drug-likeness (QED) is 0.841. The molecule has 1 aliphatic heterocycles. The van der Waals surface area contributed by atoms with E-state index in [1.54, 1.807) is 13.0 Å². The molecule has 0 amide bonds. The minimum absolute atomic E-state index is 0.336. The normalized spacial score (nSPS) is 24.9. The van der Waals surface area contributed by atoms with E-state index in [0.29, 0.717) is 31.7 Å². The van der Waals surface area contributed by atoms with Gasteiger partial charge in [0.25, 0.3) is 5.56 Å². The van der Waals surface area contributed by atoms with Gasteiger partial charge in [0.1, 0.15) is 5.82 Å². The van der Waals surface area contributed by atoms with Crippen LogP contribution in [0.2, 0.25) is 0 Å². The van der Waals surface area contributed by atoms with Crippen LogP contribution in [0.4, 0.5) is 4.39 Å². The van der Waals surface area contributed by atoms with Crippen molar-refractivity contribution in [3.05, 3.63) is 62.9 Å². The maximum Gasteiger partial charge on any atom is 0.328 e. The lowest BCUT2D eigenvalue weighted by Gasteiger charge is -2.43. The van der Waals surface area contributed by atoms with E-state index in [0.717, 1.165) is 0 Å². The van der Waals surface area contributed by atoms with Gasteiger partial charge in [-0.2, -0.15) is 0 Å². The minimum atomic E-state index is -1.15. The van der Waals surface area contributed by atoms with Gasteiger partial charge in [-0.15, -0.1) is 0 Å². The molecule has 7 nitrogen and oxygen atoms in total. The molecule has 8 heteroatoms. The first-order chi connectivity index (χ1) is 11.3. The number of rotatable bonds is 3. The third-order valence-corrected chi connectivity index (χ3v) is 4.34. The first-order valence-electron chi connectivity index (χ1n) is 7.72. The molecule has 2 aromatic rings. The van der Waals surface area contributed by atoms with Crippen LogP contribution in [0.15, 0.2) is 40.2 Å². The molecule has 128 valence electrons. The van der Waals surface area contributed by atoms with E-state index in [-0.39, 0.29) is 5.82 Å². The topological polar surface area (TPSA) is 91.2 Å². The number of piperidine rings is 1. The van der Waals surface area contributed by atoms with Crippen molar-refractivity contribution in [2.75, 3.05) is 13.1 Å². The van der Waals surface area contributed by atoms with Gasteiger partial charge < -0.3 is 5.11 Å². The average molecular weight is 334 g/mol. The Morgan fingerprint density at radius 1 is 1.42 bits per heavy atom. The number of hydrogen-bond donors (Lipinski definition) is 2. The van der Waals surface area contributed by atoms with Gasteiger partial charge in [-0.3, -0.25) is 24.2 Å². The fraction of sp³-hybridized carbons (Fsp3) is 0.438. The van der Waals surface area contributed by atoms with Crippen molar-refractivity contribution in [1.82, 2.24) is 19.4 Å². The van der Waals surface area contributed by atoms with Crippen LogP contribution in [0.1, 0.15) is 25.1 Å². The number of halogens is 1. The highest BCUT2D eigenvalue weighted by Gasteiger charge is 2.39. The molecule has 0 radical (unpaired) electrons. The molecule has 0 aromatic carbocycles. The summed E-state index contributed by atoms with van der Waals surface area (Å²) >= 11 is 0. The maximum absolute atomic E-state index is 12.9. The second-order valence-electron chi connectivity index (χ2n) is 6.36. The van der Waals surface area contributed by atoms with Crippen molar-refractivity contribution in [2.24, 2.45) is 0 Å². The number of aromatic nitrogens is 3. The van der Waals surface area contributed by atoms with Crippen molar-refractivity contribution in [3.63, 3.8) is 0 Å². The Kier molecular flexibility index (Phi) is 4.33. The highest BCUT2D eigenvalue weighted by Crippen LogP contribution is 2.31. The average Bonchev–Trinajstić information content (AvgIpc) is 2.50. The Morgan fingerprint density at radius 2 is 2.21 bits per heavy atom. The number of nitrogens with zero attached hydrogens (tertiary/aromatic N) is 3. The van der Waals surface area contributed by atoms with Gasteiger partial charge in [0.15, 0.2) is 0 Å². The monoisotopic (exact) mass is 334 g/mol. The summed E-state index contributed by atoms with van der Waals surface area (Å²) in [5, 5.41) is 10.8. The molecule has 0 spiro atoms. The Labute approximate surface area is 137 Å². The maximum atomic E-state index is 12.9. The zero-order valence-corrected chi connectivity index (χ0v) is 13.3. The molecule has 0 saturated carbocycles. The van der Waals surface area contributed by atoms with Gasteiger partial charge in [0.05, 0.1) is 23.5 Å². The summed E-state index contributed by atoms with van der Waals surface area (Å²) in [6.07, 6.45) is 3.12. The molecule has 2 aromatic heterocycles. The molecule has 3 heterocycles. The Bertz CT molecular complexity index is 828. The molecule has 0 bridgehead atoms. The third-order valence-electron chi connectivity index (χ3n) is 4.34. The predicted octanol–water partition coefficient (Wildman–Crippen LogP) is 0.269. The molecule has 1 saturated heterocycles. The van der Waals surface area contributed by atoms with E-state index < -0.39 is 22.9 Å². The van der Waals surface area contributed by atoms with Crippen molar-refractivity contribution >= 4 is 0 Å². The summed E-state index contributed by atoms with van der Waals surface area (Å²) in [5.41, 5.74) is -1.43. The Hall–Kier alpha value is -2.32. The second-order valence-corrected chi connectivity index (χ2v) is 6.36. The minimum Gasteiger partial charge on any atom is -0.387 e. The molecular weight excluding hydrogens is 315 g/mol. The van der Waals surface area contributed by atoms with Crippen molar-refractivity contribution in [2.45, 2.75) is 31.5 Å². The predicted molar refractivity (Wildman–Crippen MR) is 85.1 cm³/mol. The number of aliphatic hydroxyl groups is 1. The summed E-state index contributed by atoms with van der Waals surface area (Å²) < 4.78 is 14.3. The van der Waals surface area contributed by atoms with Gasteiger partial charge in [0.2, 0.25) is 0 Å². The number of H-pyrrole nitrogens is 1. The van der Waals surface area contributed by atoms with Gasteiger partial charge in [0, 0.05) is 31.9 Å². The smallest absolute Gasteiger partial charge is 0.328 e. The number of nitrogens with one attached hydrogen (secondary N) is 1. The largest absolute Gasteiger partial charge is 0.387 e. The van der Waals surface area contributed by atoms with Crippen LogP contribution in [-0.2, 0) is 6.54 Å². The molecule has 3 rings (SSSR count). The van der Waals surface area contributed by atoms with Crippen LogP contribution in [0, 0.1) is 5.82 Å². The molecule has 0 aliphatic carbocycles. The van der Waals surface area contributed by atoms with Crippen molar-refractivity contribution in [1.29, 1.82) is 0 Å². The Balaban J connectivity index is 1.76. The van der Waals surface area contributed by atoms with Gasteiger partial charge in [-0.25, -0.2) is 9.18 Å². The highest BCUT2D eigenvalue weighted by molar-refractivity contribution is 5.06. The van der Waals surface area contributed by atoms with Crippen molar-refractivity contribution in [3.8, 4) is 0 Å². The van der Waals surface area contributed by atoms with E-state index in [9.17, 15) is 19.1 Å². The number of hydrogen-bond acceptors (Lipinski definition) is 5. The molecule has 24 heavy (non-hydrogen) atoms. The van der Waals surface area contributed by atoms with Crippen LogP contribution in [-0.4, -0.2) is 43.2 Å². The number of pyridine rings is 1. The lowest BCUT2D eigenvalue weighted by Crippen LogP contribution is -2.54. The van der Waals surface area contributed by atoms with E-state index in [2.05, 4.69) is 9.97 Å². The van der Waals surface area contributed by atoms with Gasteiger partial charge in [-0.1, -0.05) is 0 Å². The zero-order chi connectivity index (χ0) is 17.3. The summed E-state index contributed by atoms with van der Waals surface area (Å²) in [5.74, 6) is -0.387. The first kappa shape index (κ1) is 16.5. The fourth-order valence-corrected chi connectivity index (χ4v) is 3.23. The molecule has 2 atom stereocenters. The van der Waals surface area contributed by atoms with Crippen LogP contribution in [0.3, 0.4) is 0 Å². The van der Waals surface area contributed by atoms with Crippen LogP contribution in [0.25, 0.3) is 0 Å². The van der Waals surface area contributed by atoms with Crippen molar-refractivity contribution < 1.29 is 9.50 Å². The van der Waals surface area contributed by atoms with Crippen LogP contribution >= 0.6 is 0 Å². The summed E-state index contributed by atoms with van der Waals surface area (Å²) in [4.78, 5) is 31.4. The van der Waals surface area contributed by atoms with Gasteiger partial charge >= 0.3 is 5.69 Å². The lowest BCUT2D eigenvalue weighted by atomic mass is 9.88. The number of aromatic amines is 1. The van der Waals surface area contributed by atoms with E-state index >= 15 is 0 Å². The van der Waals surface area contributed by atoms with Crippen LogP contribution in [0.5, 0.6) is 0 Å². The van der Waals surface area contributed by atoms with Gasteiger partial charge in [-0.05, 0) is 25.5 Å². The first-order valence-corrected chi connectivity index (χ1v) is 7.72. The molecule has 1 aliphatic rings. The van der Waals surface area contributed by atoms with E-state index in [4.69, 9.17) is 0 Å². The summed E-state index contributed by atoms with van der Waals surface area (Å²) in [6, 6.07) is 3.81. The number of β-amino-alcohol motifs (C(OH)–C–C–N with tert-alkyl or cyclic N) is 1. The molecule has 1 fully saturated rings. The SMILES string of the molecule is C[C@@]1(O)CN(Cc2ccc(F)cn2)CC[C@H]1n1ccc(=O)[nH]c1=O. The number of likely N-dealkylation sites (tertiary alicyclic amines) is 1. The molecular formula is C16H19FN4O3. The van der Waals surface area contributed by atoms with Crippen LogP contribution < -0.4 is 11.2 Å². The molecule has 2 N–H and O–H groups in total. The van der Waals surface area contributed by atoms with E-state index in [1.165, 1.54) is 29.1 Å². The fourth-order valence-electron chi connectivity index (χ4n) is 3.23. The summed E-state index contributed by atoms with van der Waals surface area (Å²) in [6.45, 7) is 3.14. The standard InChI is InChI=1S/C16H19FN4O3/c1-16(24)10-20(9-12-3-2-11(17)8-18-12)6-4-13(16)21-7-5-14(22)19-15(21)23/h2-3,5,7-8,13,24H,4,6,9-10H2,1H3,(H,19,22,23)/t13-,16-/m1/s1. The second kappa shape index (κ2) is 6.29. The lowest BCUT2D eigenvalue weighted by molar-refractivity contribution is -0.0605. The summed E-state index contributed by atoms with van der Waals surface area (Å²) in [7, 11) is 0. The molecule has 0 unspecified atom stereocenters. The highest BCUT2D eigenvalue weighted by atomic mass is 19.1.